The van der Waals surface area contributed by atoms with Crippen molar-refractivity contribution in [2.45, 2.75) is 19.4 Å². The summed E-state index contributed by atoms with van der Waals surface area (Å²) in [6.45, 7) is 2.92. The fourth-order valence-electron chi connectivity index (χ4n) is 2.15. The molecule has 0 aliphatic carbocycles. The molecule has 1 aliphatic heterocycles. The first-order valence-electron chi connectivity index (χ1n) is 6.97. The highest BCUT2D eigenvalue weighted by Crippen LogP contribution is 2.30. The molecular formula is C15H17N3O3. The third-order valence-electron chi connectivity index (χ3n) is 3.22. The number of rotatable bonds is 4. The summed E-state index contributed by atoms with van der Waals surface area (Å²) in [7, 11) is 0. The fraction of sp³-hybridized carbons (Fsp3) is 0.333. The molecule has 0 spiro atoms. The Labute approximate surface area is 122 Å². The maximum Gasteiger partial charge on any atom is 0.252 e. The largest absolute Gasteiger partial charge is 0.486 e. The van der Waals surface area contributed by atoms with Crippen LogP contribution in [0, 0.1) is 0 Å². The number of anilines is 1. The van der Waals surface area contributed by atoms with Crippen molar-refractivity contribution in [2.75, 3.05) is 18.5 Å². The van der Waals surface area contributed by atoms with E-state index < -0.39 is 0 Å². The molecule has 0 amide bonds. The second-order valence-corrected chi connectivity index (χ2v) is 4.82. The van der Waals surface area contributed by atoms with Crippen molar-refractivity contribution >= 4 is 5.95 Å². The van der Waals surface area contributed by atoms with E-state index in [-0.39, 0.29) is 11.7 Å². The van der Waals surface area contributed by atoms with Gasteiger partial charge in [-0.3, -0.25) is 9.78 Å². The Bertz CT molecular complexity index is 684. The third kappa shape index (κ3) is 3.16. The first-order valence-corrected chi connectivity index (χ1v) is 6.97. The molecular weight excluding hydrogens is 270 g/mol. The third-order valence-corrected chi connectivity index (χ3v) is 3.22. The molecule has 0 radical (unpaired) electrons. The molecule has 1 aliphatic rings. The van der Waals surface area contributed by atoms with Gasteiger partial charge in [0.25, 0.3) is 5.56 Å². The lowest BCUT2D eigenvalue weighted by Crippen LogP contribution is -2.35. The molecule has 0 saturated carbocycles. The van der Waals surface area contributed by atoms with Crippen LogP contribution in [0.5, 0.6) is 11.5 Å². The van der Waals surface area contributed by atoms with Crippen LogP contribution >= 0.6 is 0 Å². The lowest BCUT2D eigenvalue weighted by atomic mass is 10.2. The quantitative estimate of drug-likeness (QED) is 0.893. The van der Waals surface area contributed by atoms with Crippen LogP contribution in [0.15, 0.2) is 35.1 Å². The molecule has 21 heavy (non-hydrogen) atoms. The molecule has 0 fully saturated rings. The number of para-hydroxylation sites is 2. The first-order chi connectivity index (χ1) is 10.2. The minimum Gasteiger partial charge on any atom is -0.486 e. The van der Waals surface area contributed by atoms with Gasteiger partial charge in [0, 0.05) is 11.8 Å². The summed E-state index contributed by atoms with van der Waals surface area (Å²) in [6.07, 6.45) is 0.588. The number of aromatic amines is 1. The lowest BCUT2D eigenvalue weighted by molar-refractivity contribution is 0.0996. The number of benzene rings is 1. The summed E-state index contributed by atoms with van der Waals surface area (Å²) in [5, 5.41) is 3.09. The van der Waals surface area contributed by atoms with Gasteiger partial charge >= 0.3 is 0 Å². The second-order valence-electron chi connectivity index (χ2n) is 4.82. The highest BCUT2D eigenvalue weighted by molar-refractivity contribution is 5.41. The van der Waals surface area contributed by atoms with Crippen molar-refractivity contribution in [1.82, 2.24) is 9.97 Å². The van der Waals surface area contributed by atoms with Gasteiger partial charge in [-0.2, -0.15) is 0 Å². The molecule has 110 valence electrons. The van der Waals surface area contributed by atoms with Gasteiger partial charge < -0.3 is 14.8 Å². The van der Waals surface area contributed by atoms with Crippen molar-refractivity contribution < 1.29 is 9.47 Å². The number of ether oxygens (including phenoxy) is 2. The first kappa shape index (κ1) is 13.5. The number of fused-ring (bicyclic) bond motifs is 1. The number of hydrogen-bond acceptors (Lipinski definition) is 5. The molecule has 1 aromatic carbocycles. The Morgan fingerprint density at radius 2 is 2.19 bits per heavy atom. The Balaban J connectivity index is 1.64. The van der Waals surface area contributed by atoms with Gasteiger partial charge in [-0.25, -0.2) is 4.98 Å². The van der Waals surface area contributed by atoms with Crippen LogP contribution in [0.2, 0.25) is 0 Å². The monoisotopic (exact) mass is 287 g/mol. The molecule has 0 bridgehead atoms. The molecule has 6 nitrogen and oxygen atoms in total. The molecule has 3 rings (SSSR count). The Hall–Kier alpha value is -2.50. The van der Waals surface area contributed by atoms with E-state index in [2.05, 4.69) is 15.3 Å². The van der Waals surface area contributed by atoms with Crippen molar-refractivity contribution in [3.8, 4) is 11.5 Å². The van der Waals surface area contributed by atoms with Gasteiger partial charge in [0.1, 0.15) is 12.7 Å². The van der Waals surface area contributed by atoms with Crippen LogP contribution in [-0.2, 0) is 6.42 Å². The molecule has 2 heterocycles. The summed E-state index contributed by atoms with van der Waals surface area (Å²) in [4.78, 5) is 18.5. The predicted molar refractivity (Wildman–Crippen MR) is 79.1 cm³/mol. The number of nitrogens with one attached hydrogen (secondary N) is 2. The van der Waals surface area contributed by atoms with Gasteiger partial charge in [0.15, 0.2) is 11.5 Å². The average Bonchev–Trinajstić information content (AvgIpc) is 2.52. The molecule has 1 unspecified atom stereocenters. The summed E-state index contributed by atoms with van der Waals surface area (Å²) in [5.41, 5.74) is 0.600. The molecule has 1 atom stereocenters. The fourth-order valence-corrected chi connectivity index (χ4v) is 2.15. The van der Waals surface area contributed by atoms with Crippen LogP contribution in [0.25, 0.3) is 0 Å². The maximum absolute atomic E-state index is 11.5. The van der Waals surface area contributed by atoms with E-state index in [0.29, 0.717) is 19.1 Å². The lowest BCUT2D eigenvalue weighted by Gasteiger charge is -2.26. The topological polar surface area (TPSA) is 76.2 Å². The Morgan fingerprint density at radius 3 is 3.00 bits per heavy atom. The van der Waals surface area contributed by atoms with Crippen molar-refractivity contribution in [3.63, 3.8) is 0 Å². The molecule has 0 saturated heterocycles. The van der Waals surface area contributed by atoms with E-state index in [1.807, 2.05) is 31.2 Å². The highest BCUT2D eigenvalue weighted by Gasteiger charge is 2.20. The second kappa shape index (κ2) is 5.87. The van der Waals surface area contributed by atoms with Gasteiger partial charge in [0.05, 0.1) is 6.54 Å². The maximum atomic E-state index is 11.5. The summed E-state index contributed by atoms with van der Waals surface area (Å²) < 4.78 is 11.5. The molecule has 2 N–H and O–H groups in total. The molecule has 1 aromatic heterocycles. The van der Waals surface area contributed by atoms with Crippen LogP contribution in [0.4, 0.5) is 5.95 Å². The van der Waals surface area contributed by atoms with Gasteiger partial charge in [-0.1, -0.05) is 19.1 Å². The SMILES string of the molecule is CCc1cc(=O)[nH]c(NCC2COc3ccccc3O2)n1. The van der Waals surface area contributed by atoms with Crippen molar-refractivity contribution in [3.05, 3.63) is 46.4 Å². The van der Waals surface area contributed by atoms with Gasteiger partial charge in [-0.05, 0) is 18.6 Å². The van der Waals surface area contributed by atoms with E-state index in [4.69, 9.17) is 9.47 Å². The summed E-state index contributed by atoms with van der Waals surface area (Å²) in [5.74, 6) is 1.95. The smallest absolute Gasteiger partial charge is 0.252 e. The zero-order valence-electron chi connectivity index (χ0n) is 11.8. The zero-order valence-corrected chi connectivity index (χ0v) is 11.8. The zero-order chi connectivity index (χ0) is 14.7. The number of aryl methyl sites for hydroxylation is 1. The van der Waals surface area contributed by atoms with E-state index in [1.165, 1.54) is 6.07 Å². The van der Waals surface area contributed by atoms with Crippen LogP contribution in [0.3, 0.4) is 0 Å². The molecule has 2 aromatic rings. The van der Waals surface area contributed by atoms with Crippen LogP contribution in [0.1, 0.15) is 12.6 Å². The Kier molecular flexibility index (Phi) is 3.77. The van der Waals surface area contributed by atoms with E-state index in [1.54, 1.807) is 0 Å². The minimum atomic E-state index is -0.157. The summed E-state index contributed by atoms with van der Waals surface area (Å²) in [6, 6.07) is 9.07. The highest BCUT2D eigenvalue weighted by atomic mass is 16.6. The van der Waals surface area contributed by atoms with E-state index in [0.717, 1.165) is 23.6 Å². The molecule has 6 heteroatoms. The minimum absolute atomic E-state index is 0.129. The standard InChI is InChI=1S/C15H17N3O3/c1-2-10-7-14(19)18-15(17-10)16-8-11-9-20-12-5-3-4-6-13(12)21-11/h3-7,11H,2,8-9H2,1H3,(H2,16,17,18,19). The van der Waals surface area contributed by atoms with Crippen LogP contribution < -0.4 is 20.3 Å². The Morgan fingerprint density at radius 1 is 1.38 bits per heavy atom. The predicted octanol–water partition coefficient (Wildman–Crippen LogP) is 1.58. The van der Waals surface area contributed by atoms with Gasteiger partial charge in [-0.15, -0.1) is 0 Å². The summed E-state index contributed by atoms with van der Waals surface area (Å²) >= 11 is 0. The number of aromatic nitrogens is 2. The van der Waals surface area contributed by atoms with E-state index >= 15 is 0 Å². The normalized spacial score (nSPS) is 16.5. The van der Waals surface area contributed by atoms with Crippen LogP contribution in [-0.4, -0.2) is 29.2 Å². The number of hydrogen-bond donors (Lipinski definition) is 2. The number of nitrogens with zero attached hydrogens (tertiary/aromatic N) is 1. The van der Waals surface area contributed by atoms with Crippen molar-refractivity contribution in [1.29, 1.82) is 0 Å². The van der Waals surface area contributed by atoms with E-state index in [9.17, 15) is 4.79 Å². The average molecular weight is 287 g/mol. The van der Waals surface area contributed by atoms with Gasteiger partial charge in [0.2, 0.25) is 5.95 Å². The van der Waals surface area contributed by atoms with Crippen molar-refractivity contribution in [2.24, 2.45) is 0 Å². The number of H-pyrrole nitrogens is 1.